The van der Waals surface area contributed by atoms with Crippen LogP contribution in [0.5, 0.6) is 0 Å². The molecule has 4 aliphatic rings. The maximum absolute atomic E-state index is 15.9. The van der Waals surface area contributed by atoms with Gasteiger partial charge in [-0.25, -0.2) is 4.79 Å². The number of anilines is 1. The lowest BCUT2D eigenvalue weighted by atomic mass is 9.74. The quantitative estimate of drug-likeness (QED) is 0.0178. The molecule has 18 heteroatoms. The Balaban J connectivity index is 1.18. The minimum Gasteiger partial charge on any atom is -0.465 e. The fourth-order valence-electron chi connectivity index (χ4n) is 10.5. The fourth-order valence-corrected chi connectivity index (χ4v) is 17.6. The number of esters is 3. The number of carbonyl (C=O) groups is 3. The molecule has 0 amide bonds. The van der Waals surface area contributed by atoms with Gasteiger partial charge in [-0.3, -0.25) is 9.59 Å². The Morgan fingerprint density at radius 2 is 1.39 bits per heavy atom. The summed E-state index contributed by atoms with van der Waals surface area (Å²) in [5.74, 6) is -0.0427. The second-order valence-corrected chi connectivity index (χ2v) is 30.0. The summed E-state index contributed by atoms with van der Waals surface area (Å²) in [4.78, 5) is 42.9. The van der Waals surface area contributed by atoms with Gasteiger partial charge in [-0.1, -0.05) is 194 Å². The van der Waals surface area contributed by atoms with Crippen LogP contribution in [0.3, 0.4) is 0 Å². The normalized spacial score (nSPS) is 20.9. The van der Waals surface area contributed by atoms with Gasteiger partial charge in [0.25, 0.3) is 5.60 Å². The van der Waals surface area contributed by atoms with Crippen molar-refractivity contribution in [1.82, 2.24) is 0 Å². The Hall–Kier alpha value is -5.37. The molecule has 2 saturated heterocycles. The number of halogens is 3. The number of hydrogen-bond acceptors (Lipinski definition) is 15. The molecule has 85 heavy (non-hydrogen) atoms. The van der Waals surface area contributed by atoms with Crippen LogP contribution >= 0.6 is 54.9 Å². The van der Waals surface area contributed by atoms with Gasteiger partial charge in [0, 0.05) is 61.5 Å². The van der Waals surface area contributed by atoms with Crippen molar-refractivity contribution >= 4 is 84.6 Å². The molecule has 3 atom stereocenters. The van der Waals surface area contributed by atoms with E-state index in [1.54, 1.807) is 36.9 Å². The van der Waals surface area contributed by atoms with E-state index in [0.717, 1.165) is 76.3 Å². The van der Waals surface area contributed by atoms with E-state index in [1.807, 2.05) is 79.6 Å². The van der Waals surface area contributed by atoms with Gasteiger partial charge in [-0.15, -0.1) is 0 Å². The third-order valence-electron chi connectivity index (χ3n) is 15.0. The van der Waals surface area contributed by atoms with E-state index >= 15 is 13.2 Å². The van der Waals surface area contributed by atoms with Crippen molar-refractivity contribution in [3.8, 4) is 12.1 Å². The average Bonchev–Trinajstić information content (AvgIpc) is 4.13. The first-order chi connectivity index (χ1) is 40.7. The number of hydrogen-bond donors (Lipinski definition) is 0. The molecule has 0 bridgehead atoms. The highest BCUT2D eigenvalue weighted by Gasteiger charge is 2.65. The molecule has 454 valence electrons. The lowest BCUT2D eigenvalue weighted by Gasteiger charge is -2.34. The molecule has 0 spiro atoms. The summed E-state index contributed by atoms with van der Waals surface area (Å²) in [6, 6.07) is 26.8. The average molecular weight is 1250 g/mol. The third-order valence-corrected chi connectivity index (χ3v) is 22.2. The largest absolute Gasteiger partial charge is 0.465 e. The van der Waals surface area contributed by atoms with E-state index in [9.17, 15) is 24.9 Å². The van der Waals surface area contributed by atoms with Gasteiger partial charge in [-0.05, 0) is 115 Å². The van der Waals surface area contributed by atoms with Crippen LogP contribution in [0.4, 0.5) is 18.9 Å². The molecule has 10 nitrogen and oxygen atoms in total. The van der Waals surface area contributed by atoms with Crippen LogP contribution in [0.2, 0.25) is 0 Å². The number of benzene rings is 3. The van der Waals surface area contributed by atoms with Crippen molar-refractivity contribution in [2.24, 2.45) is 5.41 Å². The molecule has 3 aliphatic heterocycles. The summed E-state index contributed by atoms with van der Waals surface area (Å²) in [5, 5.41) is 22.2. The van der Waals surface area contributed by atoms with Crippen molar-refractivity contribution in [1.29, 1.82) is 10.5 Å². The van der Waals surface area contributed by atoms with Crippen molar-refractivity contribution < 1.29 is 46.5 Å². The highest BCUT2D eigenvalue weighted by Crippen LogP contribution is 2.56. The van der Waals surface area contributed by atoms with Gasteiger partial charge in [0.2, 0.25) is 0 Å². The fraction of sp³-hybridized carbons (Fsp3) is 0.478. The number of ether oxygens (including phenoxy) is 4. The van der Waals surface area contributed by atoms with Gasteiger partial charge in [0.1, 0.15) is 30.9 Å². The van der Waals surface area contributed by atoms with Crippen LogP contribution in [0.15, 0.2) is 147 Å². The molecule has 3 aromatic carbocycles. The molecule has 7 rings (SSSR count). The first-order valence-electron chi connectivity index (χ1n) is 29.3. The van der Waals surface area contributed by atoms with Crippen molar-refractivity contribution in [2.75, 3.05) is 49.3 Å². The van der Waals surface area contributed by atoms with Gasteiger partial charge >= 0.3 is 24.1 Å². The number of alkyl halides is 3. The van der Waals surface area contributed by atoms with Crippen molar-refractivity contribution in [2.45, 2.75) is 158 Å². The van der Waals surface area contributed by atoms with Gasteiger partial charge in [-0.2, -0.15) is 23.7 Å². The first kappa shape index (κ1) is 67.1. The van der Waals surface area contributed by atoms with Crippen molar-refractivity contribution in [3.63, 3.8) is 0 Å². The molecule has 0 N–H and O–H groups in total. The number of thioether (sulfide) groups is 1. The first-order valence-corrected chi connectivity index (χ1v) is 34.9. The number of nitrogens with zero attached hydrogens (tertiary/aromatic N) is 3. The zero-order valence-electron chi connectivity index (χ0n) is 49.6. The Kier molecular flexibility index (Phi) is 25.3. The van der Waals surface area contributed by atoms with Crippen LogP contribution in [0.1, 0.15) is 142 Å². The molecule has 0 radical (unpaired) electrons. The number of carbonyl (C=O) groups excluding carboxylic acids is 3. The number of rotatable bonds is 27. The Labute approximate surface area is 521 Å². The van der Waals surface area contributed by atoms with Gasteiger partial charge in [0.15, 0.2) is 11.3 Å². The Morgan fingerprint density at radius 1 is 0.776 bits per heavy atom. The third kappa shape index (κ3) is 19.1. The van der Waals surface area contributed by atoms with Crippen LogP contribution in [0.25, 0.3) is 6.08 Å². The molecule has 3 unspecified atom stereocenters. The zero-order valence-corrected chi connectivity index (χ0v) is 53.6. The predicted octanol–water partition coefficient (Wildman–Crippen LogP) is 17.7. The molecule has 3 aromatic rings. The highest BCUT2D eigenvalue weighted by atomic mass is 33.1. The number of nitriles is 2. The SMILES string of the molecule is CCCOC(=O)/C(C#N)=C1\OC(c2ccccc2)(C(F)(F)F)C(/C=C/C=C2\CC(C)(C)CC(/C=C/c3ccc(N(CCOC(=O)CCCCC4CCSS4)CCOC(=O)CCCCC4CCSS4)cc3)=C2Sc2ccc(C(C)(C)C)cc2)=C1C#N. The highest BCUT2D eigenvalue weighted by molar-refractivity contribution is 8.77. The van der Waals surface area contributed by atoms with Crippen LogP contribution in [-0.2, 0) is 44.3 Å². The molecular weight excluding hydrogens is 1180 g/mol. The molecule has 0 saturated carbocycles. The predicted molar refractivity (Wildman–Crippen MR) is 344 cm³/mol. The van der Waals surface area contributed by atoms with E-state index in [0.29, 0.717) is 55.7 Å². The minimum absolute atomic E-state index is 0.0859. The second-order valence-electron chi connectivity index (χ2n) is 23.3. The molecule has 1 aliphatic carbocycles. The van der Waals surface area contributed by atoms with Gasteiger partial charge < -0.3 is 23.8 Å². The van der Waals surface area contributed by atoms with E-state index in [4.69, 9.17) is 18.9 Å². The summed E-state index contributed by atoms with van der Waals surface area (Å²) >= 11 is 1.57. The van der Waals surface area contributed by atoms with E-state index in [2.05, 4.69) is 69.9 Å². The number of allylic oxidation sites excluding steroid dienone is 6. The van der Waals surface area contributed by atoms with Crippen LogP contribution < -0.4 is 4.90 Å². The summed E-state index contributed by atoms with van der Waals surface area (Å²) in [6.07, 6.45) is 14.1. The second kappa shape index (κ2) is 32.0. The molecular formula is C67H78F3N3O7S5. The van der Waals surface area contributed by atoms with E-state index in [1.165, 1.54) is 60.8 Å². The van der Waals surface area contributed by atoms with Crippen LogP contribution in [0, 0.1) is 28.1 Å². The minimum atomic E-state index is -5.18. The maximum atomic E-state index is 15.9. The Bertz CT molecular complexity index is 3010. The monoisotopic (exact) mass is 1250 g/mol. The molecule has 3 heterocycles. The van der Waals surface area contributed by atoms with Crippen LogP contribution in [-0.4, -0.2) is 79.0 Å². The van der Waals surface area contributed by atoms with Gasteiger partial charge in [0.05, 0.1) is 19.7 Å². The zero-order chi connectivity index (χ0) is 61.0. The summed E-state index contributed by atoms with van der Waals surface area (Å²) in [5.41, 5.74) is -1.22. The van der Waals surface area contributed by atoms with E-state index in [-0.39, 0.29) is 48.2 Å². The smallest absolute Gasteiger partial charge is 0.437 e. The number of unbranched alkanes of at least 4 members (excludes halogenated alkanes) is 2. The lowest BCUT2D eigenvalue weighted by molar-refractivity contribution is -0.249. The summed E-state index contributed by atoms with van der Waals surface area (Å²) in [6.45, 7) is 13.6. The topological polar surface area (TPSA) is 139 Å². The van der Waals surface area contributed by atoms with Crippen molar-refractivity contribution in [3.05, 3.63) is 158 Å². The molecule has 0 aromatic heterocycles. The maximum Gasteiger partial charge on any atom is 0.437 e. The summed E-state index contributed by atoms with van der Waals surface area (Å²) < 4.78 is 70.3. The lowest BCUT2D eigenvalue weighted by Crippen LogP contribution is -2.43. The Morgan fingerprint density at radius 3 is 1.92 bits per heavy atom. The van der Waals surface area contributed by atoms with E-state index < -0.39 is 40.2 Å². The standard InChI is InChI=1S/C67H78F3N3O7S5/c1-7-38-79-63(76)57(46-72)61-56(45-71)58(66(80-61,67(68,69)70)51-17-9-8-10-18-51)21-15-16-48-43-65(5,6)44-49(62(48)83-53-32-28-50(29-33-53)64(2,3)4)27-24-47-25-30-52(31-26-47)73(36-39-77-59(74)22-13-11-19-54-34-41-81-84-54)37-40-78-60(75)23-14-12-20-55-35-42-82-85-55/h8-10,15-18,21,24-33,54-55H,7,11-14,19-20,22-23,34-44H2,1-6H3/b21-15+,27-24+,48-16+,61-57-. The summed E-state index contributed by atoms with van der Waals surface area (Å²) in [7, 11) is 7.76. The molecule has 2 fully saturated rings.